The van der Waals surface area contributed by atoms with Gasteiger partial charge in [-0.15, -0.1) is 0 Å². The third-order valence-corrected chi connectivity index (χ3v) is 1.51. The van der Waals surface area contributed by atoms with Crippen molar-refractivity contribution in [3.05, 3.63) is 28.3 Å². The quantitative estimate of drug-likeness (QED) is 0.559. The lowest BCUT2D eigenvalue weighted by Crippen LogP contribution is -1.91. The summed E-state index contributed by atoms with van der Waals surface area (Å²) in [5.74, 6) is -0.659. The van der Waals surface area contributed by atoms with Gasteiger partial charge < -0.3 is 0 Å². The lowest BCUT2D eigenvalue weighted by molar-refractivity contribution is 0.620. The number of pyridine rings is 1. The van der Waals surface area contributed by atoms with E-state index in [0.29, 0.717) is 5.69 Å². The summed E-state index contributed by atoms with van der Waals surface area (Å²) >= 11 is 5.35. The van der Waals surface area contributed by atoms with Gasteiger partial charge in [-0.1, -0.05) is 11.6 Å². The van der Waals surface area contributed by atoms with Crippen LogP contribution >= 0.6 is 11.6 Å². The van der Waals surface area contributed by atoms with Crippen molar-refractivity contribution in [2.45, 2.75) is 6.92 Å². The van der Waals surface area contributed by atoms with Crippen LogP contribution < -0.4 is 0 Å². The second-order valence-electron chi connectivity index (χ2n) is 2.01. The Morgan fingerprint density at radius 3 is 2.91 bits per heavy atom. The highest BCUT2D eigenvalue weighted by Gasteiger charge is 2.05. The molecule has 1 aromatic heterocycles. The molecule has 1 heterocycles. The van der Waals surface area contributed by atoms with Crippen LogP contribution in [0.2, 0.25) is 5.15 Å². The van der Waals surface area contributed by atoms with E-state index >= 15 is 0 Å². The van der Waals surface area contributed by atoms with Gasteiger partial charge in [-0.25, -0.2) is 9.37 Å². The molecule has 0 aliphatic carbocycles. The third-order valence-electron chi connectivity index (χ3n) is 1.24. The molecule has 1 aromatic rings. The minimum absolute atomic E-state index is 0.193. The summed E-state index contributed by atoms with van der Waals surface area (Å²) < 4.78 is 12.6. The Morgan fingerprint density at radius 1 is 1.73 bits per heavy atom. The van der Waals surface area contributed by atoms with Gasteiger partial charge in [-0.05, 0) is 13.0 Å². The number of nitrogens with zero attached hydrogens (tertiary/aromatic N) is 2. The molecule has 4 heteroatoms. The average molecular weight is 171 g/mol. The monoisotopic (exact) mass is 170 g/mol. The third kappa shape index (κ3) is 1.47. The topological polar surface area (TPSA) is 36.7 Å². The molecule has 0 amide bonds. The minimum atomic E-state index is -0.659. The van der Waals surface area contributed by atoms with Crippen LogP contribution in [0.5, 0.6) is 0 Å². The van der Waals surface area contributed by atoms with Crippen molar-refractivity contribution in [2.24, 2.45) is 0 Å². The van der Waals surface area contributed by atoms with E-state index in [2.05, 4.69) is 4.98 Å². The predicted molar refractivity (Wildman–Crippen MR) is 38.7 cm³/mol. The maximum absolute atomic E-state index is 12.6. The van der Waals surface area contributed by atoms with Crippen LogP contribution in [0.15, 0.2) is 6.07 Å². The highest BCUT2D eigenvalue weighted by Crippen LogP contribution is 2.14. The Kier molecular flexibility index (Phi) is 2.06. The van der Waals surface area contributed by atoms with Crippen LogP contribution in [0.4, 0.5) is 4.39 Å². The van der Waals surface area contributed by atoms with Crippen molar-refractivity contribution in [3.63, 3.8) is 0 Å². The molecular formula is C7H4ClFN2. The molecule has 0 atom stereocenters. The summed E-state index contributed by atoms with van der Waals surface area (Å²) in [4.78, 5) is 3.61. The highest BCUT2D eigenvalue weighted by atomic mass is 35.5. The first-order valence-electron chi connectivity index (χ1n) is 2.88. The second kappa shape index (κ2) is 2.85. The molecule has 0 saturated heterocycles. The van der Waals surface area contributed by atoms with E-state index in [9.17, 15) is 4.39 Å². The van der Waals surface area contributed by atoms with Crippen LogP contribution in [0.25, 0.3) is 0 Å². The van der Waals surface area contributed by atoms with E-state index in [1.165, 1.54) is 0 Å². The highest BCUT2D eigenvalue weighted by molar-refractivity contribution is 6.29. The molecular weight excluding hydrogens is 167 g/mol. The number of rotatable bonds is 0. The zero-order valence-corrected chi connectivity index (χ0v) is 6.48. The molecule has 0 aliphatic rings. The smallest absolute Gasteiger partial charge is 0.165 e. The molecule has 0 radical (unpaired) electrons. The van der Waals surface area contributed by atoms with Gasteiger partial charge in [0.1, 0.15) is 6.07 Å². The number of aryl methyl sites for hydroxylation is 1. The van der Waals surface area contributed by atoms with E-state index in [0.717, 1.165) is 6.07 Å². The summed E-state index contributed by atoms with van der Waals surface area (Å²) in [6.45, 7) is 1.60. The fourth-order valence-corrected chi connectivity index (χ4v) is 0.846. The molecule has 2 nitrogen and oxygen atoms in total. The first kappa shape index (κ1) is 7.96. The van der Waals surface area contributed by atoms with E-state index in [-0.39, 0.29) is 10.7 Å². The summed E-state index contributed by atoms with van der Waals surface area (Å²) in [5.41, 5.74) is 0.658. The van der Waals surface area contributed by atoms with Crippen molar-refractivity contribution in [3.8, 4) is 6.07 Å². The standard InChI is InChI=1S/C7H4ClFN2/c1-4-5(3-10)2-6(9)7(8)11-4/h2H,1H3. The number of hydrogen-bond donors (Lipinski definition) is 0. The Balaban J connectivity index is 3.35. The van der Waals surface area contributed by atoms with Crippen LogP contribution in [0.3, 0.4) is 0 Å². The number of aromatic nitrogens is 1. The Labute approximate surface area is 68.2 Å². The van der Waals surface area contributed by atoms with Crippen LogP contribution in [0, 0.1) is 24.1 Å². The van der Waals surface area contributed by atoms with Gasteiger partial charge >= 0.3 is 0 Å². The molecule has 0 unspecified atom stereocenters. The maximum atomic E-state index is 12.6. The Bertz CT molecular complexity index is 330. The number of hydrogen-bond acceptors (Lipinski definition) is 2. The van der Waals surface area contributed by atoms with E-state index in [4.69, 9.17) is 16.9 Å². The maximum Gasteiger partial charge on any atom is 0.165 e. The van der Waals surface area contributed by atoms with Crippen molar-refractivity contribution in [2.75, 3.05) is 0 Å². The summed E-state index contributed by atoms with van der Waals surface area (Å²) in [6.07, 6.45) is 0. The number of halogens is 2. The molecule has 0 fully saturated rings. The van der Waals surface area contributed by atoms with Crippen LogP contribution in [-0.4, -0.2) is 4.98 Å². The first-order valence-corrected chi connectivity index (χ1v) is 3.25. The SMILES string of the molecule is Cc1nc(Cl)c(F)cc1C#N. The van der Waals surface area contributed by atoms with Gasteiger partial charge in [-0.2, -0.15) is 5.26 Å². The lowest BCUT2D eigenvalue weighted by Gasteiger charge is -1.96. The molecule has 0 spiro atoms. The molecule has 0 N–H and O–H groups in total. The van der Waals surface area contributed by atoms with E-state index < -0.39 is 5.82 Å². The molecule has 0 aromatic carbocycles. The molecule has 11 heavy (non-hydrogen) atoms. The van der Waals surface area contributed by atoms with Crippen molar-refractivity contribution in [1.29, 1.82) is 5.26 Å². The zero-order chi connectivity index (χ0) is 8.43. The van der Waals surface area contributed by atoms with Crippen LogP contribution in [-0.2, 0) is 0 Å². The van der Waals surface area contributed by atoms with E-state index in [1.807, 2.05) is 0 Å². The zero-order valence-electron chi connectivity index (χ0n) is 5.73. The second-order valence-corrected chi connectivity index (χ2v) is 2.36. The van der Waals surface area contributed by atoms with Crippen molar-refractivity contribution in [1.82, 2.24) is 4.98 Å². The largest absolute Gasteiger partial charge is 0.237 e. The molecule has 56 valence electrons. The molecule has 1 rings (SSSR count). The summed E-state index contributed by atoms with van der Waals surface area (Å²) in [5, 5.41) is 8.24. The average Bonchev–Trinajstić information content (AvgIpc) is 1.97. The molecule has 0 aliphatic heterocycles. The number of nitriles is 1. The molecule has 0 bridgehead atoms. The molecule has 0 saturated carbocycles. The summed E-state index contributed by atoms with van der Waals surface area (Å²) in [7, 11) is 0. The van der Waals surface area contributed by atoms with Gasteiger partial charge in [0, 0.05) is 0 Å². The van der Waals surface area contributed by atoms with Gasteiger partial charge in [0.15, 0.2) is 11.0 Å². The van der Waals surface area contributed by atoms with E-state index in [1.54, 1.807) is 13.0 Å². The normalized spacial score (nSPS) is 9.27. The van der Waals surface area contributed by atoms with Gasteiger partial charge in [0.25, 0.3) is 0 Å². The predicted octanol–water partition coefficient (Wildman–Crippen LogP) is 2.05. The van der Waals surface area contributed by atoms with Crippen LogP contribution in [0.1, 0.15) is 11.3 Å². The van der Waals surface area contributed by atoms with Gasteiger partial charge in [-0.3, -0.25) is 0 Å². The fraction of sp³-hybridized carbons (Fsp3) is 0.143. The first-order chi connectivity index (χ1) is 5.15. The van der Waals surface area contributed by atoms with Crippen molar-refractivity contribution < 1.29 is 4.39 Å². The Morgan fingerprint density at radius 2 is 2.36 bits per heavy atom. The summed E-state index contributed by atoms with van der Waals surface area (Å²) in [6, 6.07) is 2.88. The minimum Gasteiger partial charge on any atom is -0.237 e. The Hall–Kier alpha value is -1.14. The lowest BCUT2D eigenvalue weighted by atomic mass is 10.2. The van der Waals surface area contributed by atoms with Gasteiger partial charge in [0.05, 0.1) is 11.3 Å². The fourth-order valence-electron chi connectivity index (χ4n) is 0.665. The van der Waals surface area contributed by atoms with Gasteiger partial charge in [0.2, 0.25) is 0 Å². The van der Waals surface area contributed by atoms with Crippen molar-refractivity contribution >= 4 is 11.6 Å².